The van der Waals surface area contributed by atoms with E-state index >= 15 is 0 Å². The van der Waals surface area contributed by atoms with Crippen molar-refractivity contribution in [1.82, 2.24) is 21.3 Å². The van der Waals surface area contributed by atoms with Crippen LogP contribution >= 0.6 is 0 Å². The Bertz CT molecular complexity index is 839. The Hall–Kier alpha value is -2.20. The molecule has 0 aliphatic heterocycles. The van der Waals surface area contributed by atoms with E-state index in [1.54, 1.807) is 0 Å². The maximum Gasteiger partial charge on any atom is 0.275 e. The molecule has 0 atom stereocenters. The molecule has 0 aliphatic rings. The first-order valence-electron chi connectivity index (χ1n) is 21.6. The van der Waals surface area contributed by atoms with Crippen LogP contribution in [-0.4, -0.2) is 113 Å². The minimum atomic E-state index is -0.0343. The molecule has 0 saturated heterocycles. The van der Waals surface area contributed by atoms with E-state index in [-0.39, 0.29) is 36.7 Å². The first-order chi connectivity index (χ1) is 24.9. The average Bonchev–Trinajstić information content (AvgIpc) is 3.06. The van der Waals surface area contributed by atoms with E-state index in [0.29, 0.717) is 48.2 Å². The molecule has 4 amide bonds. The van der Waals surface area contributed by atoms with Gasteiger partial charge in [0, 0.05) is 26.2 Å². The van der Waals surface area contributed by atoms with Gasteiger partial charge in [-0.3, -0.25) is 19.2 Å². The third-order valence-electron chi connectivity index (χ3n) is 9.74. The maximum absolute atomic E-state index is 12.5. The van der Waals surface area contributed by atoms with Gasteiger partial charge < -0.3 is 30.2 Å². The minimum Gasteiger partial charge on any atom is -0.351 e. The van der Waals surface area contributed by atoms with Gasteiger partial charge in [-0.15, -0.1) is 0 Å². The Morgan fingerprint density at radius 1 is 0.308 bits per heavy atom. The molecule has 0 spiro atoms. The molecular weight excluding hydrogens is 652 g/mol. The van der Waals surface area contributed by atoms with Crippen LogP contribution in [0.5, 0.6) is 0 Å². The first kappa shape index (κ1) is 49.8. The zero-order valence-corrected chi connectivity index (χ0v) is 35.2. The third kappa shape index (κ3) is 34.9. The van der Waals surface area contributed by atoms with Gasteiger partial charge in [-0.2, -0.15) is 0 Å². The molecule has 0 fully saturated rings. The van der Waals surface area contributed by atoms with Gasteiger partial charge in [-0.1, -0.05) is 142 Å². The summed E-state index contributed by atoms with van der Waals surface area (Å²) in [6.07, 6.45) is 29.2. The molecule has 0 aromatic rings. The van der Waals surface area contributed by atoms with Gasteiger partial charge in [0.2, 0.25) is 0 Å². The summed E-state index contributed by atoms with van der Waals surface area (Å²) in [5.74, 6) is -0.0618. The number of amides is 4. The van der Waals surface area contributed by atoms with E-state index in [4.69, 9.17) is 0 Å². The number of nitrogens with one attached hydrogen (secondary N) is 4. The Labute approximate surface area is 320 Å². The van der Waals surface area contributed by atoms with Crippen LogP contribution in [0.25, 0.3) is 0 Å². The van der Waals surface area contributed by atoms with Crippen molar-refractivity contribution < 1.29 is 28.1 Å². The quantitative estimate of drug-likeness (QED) is 0.0406. The van der Waals surface area contributed by atoms with E-state index in [0.717, 1.165) is 51.4 Å². The summed E-state index contributed by atoms with van der Waals surface area (Å²) in [4.78, 5) is 49.9. The SMILES string of the molecule is CCCCCCCCCCCCNC(=O)C[N+](C)(C)CC(=O)NCCCCCCNC(=O)C[N+](C)(C)CC(=O)NCCCCCCCCCCCC. The minimum absolute atomic E-state index is 0.00336. The van der Waals surface area contributed by atoms with Crippen molar-refractivity contribution in [1.29, 1.82) is 0 Å². The monoisotopic (exact) mass is 739 g/mol. The molecule has 0 unspecified atom stereocenters. The fourth-order valence-corrected chi connectivity index (χ4v) is 6.63. The number of carbonyl (C=O) groups excluding carboxylic acids is 4. The van der Waals surface area contributed by atoms with Gasteiger partial charge in [0.25, 0.3) is 23.6 Å². The molecule has 10 nitrogen and oxygen atoms in total. The molecule has 0 aliphatic carbocycles. The van der Waals surface area contributed by atoms with Crippen molar-refractivity contribution in [3.63, 3.8) is 0 Å². The smallest absolute Gasteiger partial charge is 0.275 e. The number of carbonyl (C=O) groups is 4. The lowest BCUT2D eigenvalue weighted by Crippen LogP contribution is -2.52. The Morgan fingerprint density at radius 3 is 0.673 bits per heavy atom. The van der Waals surface area contributed by atoms with Crippen molar-refractivity contribution in [2.24, 2.45) is 0 Å². The second-order valence-corrected chi connectivity index (χ2v) is 16.7. The number of hydrogen-bond donors (Lipinski definition) is 4. The normalized spacial score (nSPS) is 11.7. The lowest BCUT2D eigenvalue weighted by Gasteiger charge is -2.28. The van der Waals surface area contributed by atoms with Crippen molar-refractivity contribution in [2.75, 3.05) is 80.5 Å². The van der Waals surface area contributed by atoms with Crippen LogP contribution in [0.15, 0.2) is 0 Å². The molecule has 4 N–H and O–H groups in total. The Balaban J connectivity index is 3.80. The zero-order valence-electron chi connectivity index (χ0n) is 35.2. The van der Waals surface area contributed by atoms with Crippen LogP contribution in [0.3, 0.4) is 0 Å². The number of rotatable bonds is 37. The summed E-state index contributed by atoms with van der Waals surface area (Å²) >= 11 is 0. The highest BCUT2D eigenvalue weighted by Gasteiger charge is 2.24. The Kier molecular flexibility index (Phi) is 32.0. The zero-order chi connectivity index (χ0) is 38.8. The van der Waals surface area contributed by atoms with Crippen molar-refractivity contribution in [3.05, 3.63) is 0 Å². The van der Waals surface area contributed by atoms with Crippen LogP contribution < -0.4 is 21.3 Å². The Morgan fingerprint density at radius 2 is 0.481 bits per heavy atom. The largest absolute Gasteiger partial charge is 0.351 e. The second kappa shape index (κ2) is 33.4. The topological polar surface area (TPSA) is 116 Å². The van der Waals surface area contributed by atoms with Gasteiger partial charge in [-0.25, -0.2) is 0 Å². The van der Waals surface area contributed by atoms with Gasteiger partial charge >= 0.3 is 0 Å². The number of nitrogens with zero attached hydrogens (tertiary/aromatic N) is 2. The molecule has 0 aromatic carbocycles. The van der Waals surface area contributed by atoms with Crippen molar-refractivity contribution in [3.8, 4) is 0 Å². The predicted octanol–water partition coefficient (Wildman–Crippen LogP) is 7.01. The number of quaternary nitrogens is 2. The first-order valence-corrected chi connectivity index (χ1v) is 21.6. The standard InChI is InChI=1S/C42H84N6O4/c1-7-9-11-13-15-17-19-21-23-27-31-43-39(49)35-47(3,4)37-41(51)45-33-29-25-26-30-34-46-42(52)38-48(5,6)36-40(50)44-32-28-24-22-20-18-16-14-12-10-8-2/h7-38H2,1-6H3,(H2-2,43,44,45,46,49,50,51,52)/p+2. The molecule has 0 saturated carbocycles. The molecule has 0 rings (SSSR count). The number of hydrogen-bond acceptors (Lipinski definition) is 4. The van der Waals surface area contributed by atoms with Gasteiger partial charge in [0.05, 0.1) is 28.2 Å². The van der Waals surface area contributed by atoms with E-state index in [2.05, 4.69) is 35.1 Å². The summed E-state index contributed by atoms with van der Waals surface area (Å²) in [7, 11) is 7.68. The van der Waals surface area contributed by atoms with Gasteiger partial charge in [0.1, 0.15) is 0 Å². The van der Waals surface area contributed by atoms with Gasteiger partial charge in [0.15, 0.2) is 26.2 Å². The molecule has 52 heavy (non-hydrogen) atoms. The van der Waals surface area contributed by atoms with Gasteiger partial charge in [-0.05, 0) is 25.7 Å². The number of likely N-dealkylation sites (N-methyl/N-ethyl adjacent to an activating group) is 2. The highest BCUT2D eigenvalue weighted by molar-refractivity contribution is 5.80. The molecule has 0 heterocycles. The van der Waals surface area contributed by atoms with E-state index in [1.807, 2.05) is 28.2 Å². The van der Waals surface area contributed by atoms with Crippen LogP contribution in [0.2, 0.25) is 0 Å². The van der Waals surface area contributed by atoms with E-state index in [1.165, 1.54) is 103 Å². The van der Waals surface area contributed by atoms with Crippen LogP contribution in [0.4, 0.5) is 0 Å². The summed E-state index contributed by atoms with van der Waals surface area (Å²) in [6, 6.07) is 0. The molecule has 0 aromatic heterocycles. The third-order valence-corrected chi connectivity index (χ3v) is 9.74. The highest BCUT2D eigenvalue weighted by Crippen LogP contribution is 2.11. The molecule has 0 radical (unpaired) electrons. The maximum atomic E-state index is 12.5. The summed E-state index contributed by atoms with van der Waals surface area (Å²) < 4.78 is 0.657. The average molecular weight is 739 g/mol. The number of unbranched alkanes of at least 4 members (excludes halogenated alkanes) is 21. The van der Waals surface area contributed by atoms with Crippen molar-refractivity contribution >= 4 is 23.6 Å². The lowest BCUT2D eigenvalue weighted by molar-refractivity contribution is -0.874. The lowest BCUT2D eigenvalue weighted by atomic mass is 10.1. The predicted molar refractivity (Wildman–Crippen MR) is 218 cm³/mol. The summed E-state index contributed by atoms with van der Waals surface area (Å²) in [6.45, 7) is 8.27. The summed E-state index contributed by atoms with van der Waals surface area (Å²) in [5.41, 5.74) is 0. The second-order valence-electron chi connectivity index (χ2n) is 16.7. The van der Waals surface area contributed by atoms with Crippen LogP contribution in [0, 0.1) is 0 Å². The molecular formula is C42H86N6O4+2. The fourth-order valence-electron chi connectivity index (χ4n) is 6.63. The van der Waals surface area contributed by atoms with E-state index < -0.39 is 0 Å². The molecule has 10 heteroatoms. The van der Waals surface area contributed by atoms with Crippen LogP contribution in [0.1, 0.15) is 168 Å². The highest BCUT2D eigenvalue weighted by atomic mass is 16.2. The summed E-state index contributed by atoms with van der Waals surface area (Å²) in [5, 5.41) is 12.0. The molecule has 306 valence electrons. The molecule has 0 bridgehead atoms. The van der Waals surface area contributed by atoms with E-state index in [9.17, 15) is 19.2 Å². The van der Waals surface area contributed by atoms with Crippen LogP contribution in [-0.2, 0) is 19.2 Å². The van der Waals surface area contributed by atoms with Crippen molar-refractivity contribution in [2.45, 2.75) is 168 Å². The fraction of sp³-hybridized carbons (Fsp3) is 0.905.